The van der Waals surface area contributed by atoms with Crippen LogP contribution in [0.2, 0.25) is 0 Å². The van der Waals surface area contributed by atoms with Gasteiger partial charge in [-0.3, -0.25) is 4.79 Å². The van der Waals surface area contributed by atoms with E-state index in [1.165, 1.54) is 0 Å². The molecule has 0 unspecified atom stereocenters. The lowest BCUT2D eigenvalue weighted by molar-refractivity contribution is 0.0998. The van der Waals surface area contributed by atoms with Gasteiger partial charge >= 0.3 is 0 Å². The van der Waals surface area contributed by atoms with Gasteiger partial charge in [0.25, 0.3) is 10.3 Å². The molecule has 0 aliphatic heterocycles. The summed E-state index contributed by atoms with van der Waals surface area (Å²) in [6.07, 6.45) is 0.00199. The Hall–Kier alpha value is -2.42. The summed E-state index contributed by atoms with van der Waals surface area (Å²) in [4.78, 5) is 12.1. The number of hydrogen-bond donors (Lipinski definition) is 0. The molecule has 4 heteroatoms. The first-order valence-electron chi connectivity index (χ1n) is 6.02. The van der Waals surface area contributed by atoms with E-state index in [0.717, 1.165) is 0 Å². The second kappa shape index (κ2) is 6.66. The first-order valence-corrected chi connectivity index (χ1v) is 7.09. The van der Waals surface area contributed by atoms with Crippen molar-refractivity contribution in [2.45, 2.75) is 6.42 Å². The average molecular weight is 284 g/mol. The van der Waals surface area contributed by atoms with Crippen LogP contribution in [0.15, 0.2) is 60.7 Å². The van der Waals surface area contributed by atoms with Gasteiger partial charge in [0, 0.05) is 22.6 Å². The van der Waals surface area contributed by atoms with Crippen LogP contribution in [0.25, 0.3) is 5.57 Å². The van der Waals surface area contributed by atoms with E-state index >= 15 is 0 Å². The third kappa shape index (κ3) is 3.79. The molecule has 100 valence electrons. The lowest BCUT2D eigenvalue weighted by atomic mass is 9.99. The number of carbonyl (C=O) groups is 1. The molecule has 0 heterocycles. The largest absolute Gasteiger partial charge is 0.294 e. The fourth-order valence-electron chi connectivity index (χ4n) is 1.82. The zero-order valence-corrected chi connectivity index (χ0v) is 11.4. The Morgan fingerprint density at radius 3 is 1.85 bits per heavy atom. The highest BCUT2D eigenvalue weighted by Crippen LogP contribution is 2.17. The summed E-state index contributed by atoms with van der Waals surface area (Å²) in [6.45, 7) is 0. The molecule has 2 rings (SSSR count). The van der Waals surface area contributed by atoms with Gasteiger partial charge < -0.3 is 0 Å². The zero-order valence-electron chi connectivity index (χ0n) is 10.6. The molecule has 0 atom stereocenters. The molecule has 0 saturated heterocycles. The quantitative estimate of drug-likeness (QED) is 0.640. The van der Waals surface area contributed by atoms with Gasteiger partial charge in [0.15, 0.2) is 5.78 Å². The molecular weight excluding hydrogens is 272 g/mol. The van der Waals surface area contributed by atoms with Gasteiger partial charge in [-0.25, -0.2) is 0 Å². The number of benzene rings is 2. The molecule has 0 bridgehead atoms. The number of allylic oxidation sites excluding steroid dienone is 1. The first kappa shape index (κ1) is 14.0. The highest BCUT2D eigenvalue weighted by Gasteiger charge is 2.10. The molecule has 0 saturated carbocycles. The van der Waals surface area contributed by atoms with Crippen molar-refractivity contribution in [3.63, 3.8) is 0 Å². The summed E-state index contributed by atoms with van der Waals surface area (Å²) in [7, 11) is -2.46. The average Bonchev–Trinajstić information content (AvgIpc) is 2.48. The molecule has 0 radical (unpaired) electrons. The summed E-state index contributed by atoms with van der Waals surface area (Å²) in [6, 6.07) is 17.7. The maximum atomic E-state index is 12.1. The molecular formula is C16H12O3S. The van der Waals surface area contributed by atoms with Crippen LogP contribution in [-0.4, -0.2) is 19.2 Å². The highest BCUT2D eigenvalue weighted by molar-refractivity contribution is 7.71. The Bertz CT molecular complexity index is 761. The Morgan fingerprint density at radius 2 is 1.35 bits per heavy atom. The zero-order chi connectivity index (χ0) is 14.4. The number of carbonyl (C=O) groups excluding carboxylic acids is 1. The van der Waals surface area contributed by atoms with Crippen molar-refractivity contribution in [3.05, 3.63) is 71.8 Å². The molecule has 0 N–H and O–H groups in total. The molecule has 0 aromatic heterocycles. The van der Waals surface area contributed by atoms with Crippen LogP contribution in [0.3, 0.4) is 0 Å². The Morgan fingerprint density at radius 1 is 0.850 bits per heavy atom. The second-order valence-corrected chi connectivity index (χ2v) is 4.82. The number of ketones is 1. The first-order chi connectivity index (χ1) is 9.66. The molecule has 20 heavy (non-hydrogen) atoms. The van der Waals surface area contributed by atoms with E-state index in [0.29, 0.717) is 16.7 Å². The van der Waals surface area contributed by atoms with E-state index in [2.05, 4.69) is 5.02 Å². The maximum Gasteiger partial charge on any atom is 0.260 e. The molecule has 0 spiro atoms. The predicted molar refractivity (Wildman–Crippen MR) is 79.2 cm³/mol. The summed E-state index contributed by atoms with van der Waals surface area (Å²) in [5.74, 6) is -0.137. The van der Waals surface area contributed by atoms with Gasteiger partial charge in [-0.05, 0) is 5.56 Å². The topological polar surface area (TPSA) is 51.2 Å². The second-order valence-electron chi connectivity index (χ2n) is 4.15. The van der Waals surface area contributed by atoms with Gasteiger partial charge in [0.05, 0.1) is 0 Å². The molecule has 2 aromatic rings. The van der Waals surface area contributed by atoms with Gasteiger partial charge in [-0.1, -0.05) is 60.7 Å². The van der Waals surface area contributed by atoms with Crippen molar-refractivity contribution in [2.75, 3.05) is 0 Å². The van der Waals surface area contributed by atoms with E-state index in [4.69, 9.17) is 0 Å². The van der Waals surface area contributed by atoms with Crippen molar-refractivity contribution < 1.29 is 13.2 Å². The van der Waals surface area contributed by atoms with Crippen LogP contribution < -0.4 is 0 Å². The molecule has 0 aliphatic rings. The van der Waals surface area contributed by atoms with Crippen LogP contribution in [-0.2, 0) is 10.3 Å². The molecule has 2 aromatic carbocycles. The summed E-state index contributed by atoms with van der Waals surface area (Å²) in [5, 5.41) is 2.31. The summed E-state index contributed by atoms with van der Waals surface area (Å²) in [5.41, 5.74) is 1.60. The van der Waals surface area contributed by atoms with Crippen LogP contribution in [0, 0.1) is 0 Å². The Labute approximate surface area is 118 Å². The van der Waals surface area contributed by atoms with Crippen LogP contribution in [0.4, 0.5) is 0 Å². The maximum absolute atomic E-state index is 12.1. The van der Waals surface area contributed by atoms with Crippen LogP contribution in [0.1, 0.15) is 22.3 Å². The van der Waals surface area contributed by atoms with Crippen molar-refractivity contribution >= 4 is 26.7 Å². The smallest absolute Gasteiger partial charge is 0.260 e. The van der Waals surface area contributed by atoms with Crippen molar-refractivity contribution in [1.82, 2.24) is 0 Å². The molecule has 3 nitrogen and oxygen atoms in total. The monoisotopic (exact) mass is 284 g/mol. The van der Waals surface area contributed by atoms with Crippen molar-refractivity contribution in [3.8, 4) is 0 Å². The Balaban J connectivity index is 2.37. The van der Waals surface area contributed by atoms with E-state index < -0.39 is 10.3 Å². The molecule has 0 fully saturated rings. The lowest BCUT2D eigenvalue weighted by Crippen LogP contribution is -2.01. The third-order valence-corrected chi connectivity index (χ3v) is 3.17. The minimum atomic E-state index is -2.46. The van der Waals surface area contributed by atoms with Gasteiger partial charge in [0.2, 0.25) is 0 Å². The fraction of sp³-hybridized carbons (Fsp3) is 0.0625. The summed E-state index contributed by atoms with van der Waals surface area (Å²) < 4.78 is 21.7. The standard InChI is InChI=1S/C16H12O3S/c17-16(14-9-5-2-6-10-14)11-15(12-20(18)19)13-7-3-1-4-8-13/h1-10H,11H2. The number of Topliss-reactive ketones (excluding diaryl/α,β-unsaturated/α-hetero) is 1. The van der Waals surface area contributed by atoms with Crippen molar-refractivity contribution in [1.29, 1.82) is 0 Å². The predicted octanol–water partition coefficient (Wildman–Crippen LogP) is 2.62. The Kier molecular flexibility index (Phi) is 4.66. The normalized spacial score (nSPS) is 9.60. The lowest BCUT2D eigenvalue weighted by Gasteiger charge is -2.04. The van der Waals surface area contributed by atoms with Gasteiger partial charge in [-0.2, -0.15) is 8.42 Å². The highest BCUT2D eigenvalue weighted by atomic mass is 32.2. The fourth-order valence-corrected chi connectivity index (χ4v) is 2.21. The number of rotatable bonds is 4. The minimum absolute atomic E-state index is 0.00199. The SMILES string of the molecule is O=C(CC(=C=S(=O)=O)c1ccccc1)c1ccccc1. The van der Waals surface area contributed by atoms with Gasteiger partial charge in [0.1, 0.15) is 0 Å². The molecule has 0 aliphatic carbocycles. The van der Waals surface area contributed by atoms with Crippen LogP contribution >= 0.6 is 0 Å². The van der Waals surface area contributed by atoms with Gasteiger partial charge in [-0.15, -0.1) is 0 Å². The van der Waals surface area contributed by atoms with Crippen LogP contribution in [0.5, 0.6) is 0 Å². The minimum Gasteiger partial charge on any atom is -0.294 e. The van der Waals surface area contributed by atoms with E-state index in [9.17, 15) is 13.2 Å². The van der Waals surface area contributed by atoms with E-state index in [1.807, 2.05) is 12.1 Å². The third-order valence-electron chi connectivity index (χ3n) is 2.76. The van der Waals surface area contributed by atoms with Crippen molar-refractivity contribution in [2.24, 2.45) is 0 Å². The van der Waals surface area contributed by atoms with E-state index in [-0.39, 0.29) is 12.2 Å². The van der Waals surface area contributed by atoms with E-state index in [1.54, 1.807) is 48.5 Å². The molecule has 0 amide bonds. The number of hydrogen-bond acceptors (Lipinski definition) is 3. The summed E-state index contributed by atoms with van der Waals surface area (Å²) >= 11 is 0.